The Morgan fingerprint density at radius 3 is 2.67 bits per heavy atom. The van der Waals surface area contributed by atoms with Crippen LogP contribution in [-0.2, 0) is 4.84 Å². The molecule has 2 aromatic rings. The lowest BCUT2D eigenvalue weighted by Gasteiger charge is -2.26. The third-order valence-corrected chi connectivity index (χ3v) is 4.48. The highest BCUT2D eigenvalue weighted by Gasteiger charge is 2.23. The highest BCUT2D eigenvalue weighted by atomic mass is 35.5. The van der Waals surface area contributed by atoms with Crippen LogP contribution in [0.4, 0.5) is 0 Å². The Labute approximate surface area is 134 Å². The van der Waals surface area contributed by atoms with Crippen LogP contribution >= 0.6 is 23.2 Å². The van der Waals surface area contributed by atoms with Gasteiger partial charge in [-0.2, -0.15) is 0 Å². The summed E-state index contributed by atoms with van der Waals surface area (Å²) in [6.07, 6.45) is 3.04. The van der Waals surface area contributed by atoms with Gasteiger partial charge in [-0.25, -0.2) is 0 Å². The van der Waals surface area contributed by atoms with E-state index >= 15 is 0 Å². The van der Waals surface area contributed by atoms with E-state index in [9.17, 15) is 0 Å². The minimum absolute atomic E-state index is 0.276. The molecule has 21 heavy (non-hydrogen) atoms. The topological polar surface area (TPSA) is 21.3 Å². The molecule has 1 aliphatic carbocycles. The van der Waals surface area contributed by atoms with Gasteiger partial charge < -0.3 is 0 Å². The van der Waals surface area contributed by atoms with Crippen LogP contribution in [0.15, 0.2) is 48.5 Å². The molecule has 0 aliphatic heterocycles. The van der Waals surface area contributed by atoms with Crippen molar-refractivity contribution in [1.29, 1.82) is 0 Å². The molecule has 2 nitrogen and oxygen atoms in total. The third kappa shape index (κ3) is 2.80. The molecule has 1 aliphatic rings. The molecule has 0 fully saturated rings. The Balaban J connectivity index is 2.04. The molecule has 0 bridgehead atoms. The first-order valence-electron chi connectivity index (χ1n) is 6.74. The van der Waals surface area contributed by atoms with Crippen molar-refractivity contribution in [2.24, 2.45) is 0 Å². The molecule has 1 N–H and O–H groups in total. The van der Waals surface area contributed by atoms with Crippen molar-refractivity contribution < 1.29 is 4.84 Å². The van der Waals surface area contributed by atoms with Gasteiger partial charge in [-0.1, -0.05) is 59.6 Å². The monoisotopic (exact) mass is 319 g/mol. The van der Waals surface area contributed by atoms with E-state index in [-0.39, 0.29) is 5.92 Å². The molecule has 108 valence electrons. The average molecular weight is 320 g/mol. The Morgan fingerprint density at radius 2 is 1.90 bits per heavy atom. The molecular formula is C17H15Cl2NO. The normalized spacial score (nSPS) is 17.1. The number of nitrogens with one attached hydrogen (secondary N) is 1. The molecule has 2 aromatic carbocycles. The number of hydrogen-bond acceptors (Lipinski definition) is 2. The first kappa shape index (κ1) is 14.5. The summed E-state index contributed by atoms with van der Waals surface area (Å²) in [7, 11) is 1.62. The van der Waals surface area contributed by atoms with Crippen LogP contribution in [0.5, 0.6) is 0 Å². The van der Waals surface area contributed by atoms with Crippen molar-refractivity contribution in [2.45, 2.75) is 12.3 Å². The number of fused-ring (bicyclic) bond motifs is 1. The molecule has 0 radical (unpaired) electrons. The van der Waals surface area contributed by atoms with Crippen LogP contribution in [0, 0.1) is 0 Å². The molecule has 0 saturated heterocycles. The number of hydroxylamine groups is 1. The summed E-state index contributed by atoms with van der Waals surface area (Å²) < 4.78 is 0. The van der Waals surface area contributed by atoms with Crippen molar-refractivity contribution in [3.63, 3.8) is 0 Å². The molecule has 0 aromatic heterocycles. The summed E-state index contributed by atoms with van der Waals surface area (Å²) in [4.78, 5) is 5.06. The van der Waals surface area contributed by atoms with Gasteiger partial charge in [-0.15, -0.1) is 0 Å². The molecule has 1 unspecified atom stereocenters. The highest BCUT2D eigenvalue weighted by Crippen LogP contribution is 2.39. The van der Waals surface area contributed by atoms with Gasteiger partial charge in [0.1, 0.15) is 0 Å². The fourth-order valence-electron chi connectivity index (χ4n) is 2.77. The number of benzene rings is 2. The van der Waals surface area contributed by atoms with Gasteiger partial charge in [0, 0.05) is 11.5 Å². The molecule has 0 heterocycles. The highest BCUT2D eigenvalue weighted by molar-refractivity contribution is 6.42. The largest absolute Gasteiger partial charge is 0.279 e. The standard InChI is InChI=1S/C17H15Cl2NO/c1-21-20-17-9-7-12(13-4-2-3-5-14(13)17)11-6-8-15(18)16(19)10-11/h2-6,8-10,12,20H,7H2,1H3. The van der Waals surface area contributed by atoms with Crippen LogP contribution in [0.2, 0.25) is 10.0 Å². The maximum atomic E-state index is 6.16. The van der Waals surface area contributed by atoms with E-state index in [2.05, 4.69) is 29.8 Å². The fraction of sp³-hybridized carbons (Fsp3) is 0.176. The smallest absolute Gasteiger partial charge is 0.0640 e. The van der Waals surface area contributed by atoms with Crippen molar-refractivity contribution in [1.82, 2.24) is 5.48 Å². The Morgan fingerprint density at radius 1 is 1.10 bits per heavy atom. The van der Waals surface area contributed by atoms with Crippen molar-refractivity contribution in [3.05, 3.63) is 75.3 Å². The number of rotatable bonds is 3. The van der Waals surface area contributed by atoms with Crippen LogP contribution in [0.1, 0.15) is 29.0 Å². The predicted octanol–water partition coefficient (Wildman–Crippen LogP) is 5.02. The Bertz CT molecular complexity index is 697. The van der Waals surface area contributed by atoms with E-state index in [1.165, 1.54) is 11.1 Å². The lowest BCUT2D eigenvalue weighted by molar-refractivity contribution is 0.136. The first-order chi connectivity index (χ1) is 10.2. The van der Waals surface area contributed by atoms with Gasteiger partial charge in [0.15, 0.2) is 0 Å². The summed E-state index contributed by atoms with van der Waals surface area (Å²) in [6.45, 7) is 0. The Kier molecular flexibility index (Phi) is 4.20. The van der Waals surface area contributed by atoms with E-state index in [1.54, 1.807) is 7.11 Å². The minimum Gasteiger partial charge on any atom is -0.279 e. The maximum Gasteiger partial charge on any atom is 0.0640 e. The van der Waals surface area contributed by atoms with E-state index in [1.807, 2.05) is 24.3 Å². The quantitative estimate of drug-likeness (QED) is 0.802. The van der Waals surface area contributed by atoms with Gasteiger partial charge in [0.05, 0.1) is 22.9 Å². The lowest BCUT2D eigenvalue weighted by Crippen LogP contribution is -2.17. The summed E-state index contributed by atoms with van der Waals surface area (Å²) in [5.74, 6) is 0.276. The fourth-order valence-corrected chi connectivity index (χ4v) is 3.08. The predicted molar refractivity (Wildman–Crippen MR) is 87.5 cm³/mol. The van der Waals surface area contributed by atoms with E-state index in [0.717, 1.165) is 17.7 Å². The van der Waals surface area contributed by atoms with Crippen LogP contribution < -0.4 is 5.48 Å². The zero-order chi connectivity index (χ0) is 14.8. The van der Waals surface area contributed by atoms with Gasteiger partial charge >= 0.3 is 0 Å². The van der Waals surface area contributed by atoms with Gasteiger partial charge in [0.2, 0.25) is 0 Å². The third-order valence-electron chi connectivity index (χ3n) is 3.74. The summed E-state index contributed by atoms with van der Waals surface area (Å²) in [5.41, 5.74) is 7.54. The van der Waals surface area contributed by atoms with Crippen LogP contribution in [-0.4, -0.2) is 7.11 Å². The number of allylic oxidation sites excluding steroid dienone is 1. The zero-order valence-corrected chi connectivity index (χ0v) is 13.1. The van der Waals surface area contributed by atoms with Gasteiger partial charge in [-0.05, 0) is 29.7 Å². The SMILES string of the molecule is CONC1=CCC(c2ccc(Cl)c(Cl)c2)c2ccccc21. The van der Waals surface area contributed by atoms with Gasteiger partial charge in [-0.3, -0.25) is 10.3 Å². The molecular weight excluding hydrogens is 305 g/mol. The van der Waals surface area contributed by atoms with E-state index in [0.29, 0.717) is 10.0 Å². The minimum atomic E-state index is 0.276. The van der Waals surface area contributed by atoms with Crippen molar-refractivity contribution in [2.75, 3.05) is 7.11 Å². The van der Waals surface area contributed by atoms with Gasteiger partial charge in [0.25, 0.3) is 0 Å². The Hall–Kier alpha value is -1.48. The summed E-state index contributed by atoms with van der Waals surface area (Å²) in [6, 6.07) is 14.2. The maximum absolute atomic E-state index is 6.16. The summed E-state index contributed by atoms with van der Waals surface area (Å²) in [5, 5.41) is 1.18. The molecule has 1 atom stereocenters. The summed E-state index contributed by atoms with van der Waals surface area (Å²) >= 11 is 12.2. The molecule has 3 rings (SSSR count). The van der Waals surface area contributed by atoms with Crippen molar-refractivity contribution >= 4 is 28.9 Å². The second-order valence-corrected chi connectivity index (χ2v) is 5.79. The molecule has 0 saturated carbocycles. The van der Waals surface area contributed by atoms with Crippen molar-refractivity contribution in [3.8, 4) is 0 Å². The van der Waals surface area contributed by atoms with Crippen LogP contribution in [0.3, 0.4) is 0 Å². The first-order valence-corrected chi connectivity index (χ1v) is 7.49. The van der Waals surface area contributed by atoms with E-state index < -0.39 is 0 Å². The lowest BCUT2D eigenvalue weighted by atomic mass is 9.81. The average Bonchev–Trinajstić information content (AvgIpc) is 2.51. The molecule has 0 amide bonds. The number of halogens is 2. The number of hydrogen-bond donors (Lipinski definition) is 1. The van der Waals surface area contributed by atoms with Crippen LogP contribution in [0.25, 0.3) is 5.70 Å². The zero-order valence-electron chi connectivity index (χ0n) is 11.6. The molecule has 4 heteroatoms. The van der Waals surface area contributed by atoms with E-state index in [4.69, 9.17) is 28.0 Å². The second kappa shape index (κ2) is 6.10. The molecule has 0 spiro atoms. The second-order valence-electron chi connectivity index (χ2n) is 4.97.